The van der Waals surface area contributed by atoms with Crippen LogP contribution in [0.15, 0.2) is 36.4 Å². The molecule has 4 nitrogen and oxygen atoms in total. The number of phenols is 1. The molecular formula is C16H17FN2O2. The first-order valence-electron chi connectivity index (χ1n) is 6.54. The molecule has 5 heteroatoms. The summed E-state index contributed by atoms with van der Waals surface area (Å²) in [5.74, 6) is -0.711. The molecule has 0 bridgehead atoms. The van der Waals surface area contributed by atoms with Crippen LogP contribution in [-0.2, 0) is 6.54 Å². The molecule has 3 N–H and O–H groups in total. The first-order chi connectivity index (χ1) is 9.99. The van der Waals surface area contributed by atoms with E-state index in [2.05, 4.69) is 10.6 Å². The number of carbonyl (C=O) groups excluding carboxylic acids is 1. The van der Waals surface area contributed by atoms with Gasteiger partial charge in [0, 0.05) is 30.9 Å². The molecule has 1 amide bonds. The summed E-state index contributed by atoms with van der Waals surface area (Å²) in [5.41, 5.74) is 2.99. The van der Waals surface area contributed by atoms with E-state index in [1.807, 2.05) is 6.92 Å². The molecule has 0 aliphatic rings. The Bertz CT molecular complexity index is 651. The standard InChI is InChI=1S/C16H17FN2O2/c1-10-5-12(16(21)18-2)3-4-15(10)19-9-11-6-13(17)8-14(20)7-11/h3-8,19-20H,9H2,1-2H3,(H,18,21). The molecule has 2 rings (SSSR count). The fourth-order valence-corrected chi connectivity index (χ4v) is 2.08. The molecule has 0 spiro atoms. The van der Waals surface area contributed by atoms with Crippen molar-refractivity contribution in [3.05, 3.63) is 58.9 Å². The Morgan fingerprint density at radius 1 is 1.24 bits per heavy atom. The highest BCUT2D eigenvalue weighted by Gasteiger charge is 2.06. The van der Waals surface area contributed by atoms with Crippen LogP contribution in [0, 0.1) is 12.7 Å². The summed E-state index contributed by atoms with van der Waals surface area (Å²) < 4.78 is 13.2. The summed E-state index contributed by atoms with van der Waals surface area (Å²) in [6.45, 7) is 2.27. The zero-order valence-electron chi connectivity index (χ0n) is 11.9. The fourth-order valence-electron chi connectivity index (χ4n) is 2.08. The zero-order valence-corrected chi connectivity index (χ0v) is 11.9. The van der Waals surface area contributed by atoms with Gasteiger partial charge in [-0.25, -0.2) is 4.39 Å². The van der Waals surface area contributed by atoms with Gasteiger partial charge in [-0.05, 0) is 48.4 Å². The largest absolute Gasteiger partial charge is 0.508 e. The highest BCUT2D eigenvalue weighted by Crippen LogP contribution is 2.19. The van der Waals surface area contributed by atoms with Crippen molar-refractivity contribution in [3.8, 4) is 5.75 Å². The average molecular weight is 288 g/mol. The Kier molecular flexibility index (Phi) is 4.42. The molecule has 0 aliphatic heterocycles. The molecule has 2 aromatic carbocycles. The van der Waals surface area contributed by atoms with Gasteiger partial charge >= 0.3 is 0 Å². The van der Waals surface area contributed by atoms with Crippen molar-refractivity contribution in [1.29, 1.82) is 0 Å². The van der Waals surface area contributed by atoms with E-state index in [1.54, 1.807) is 25.2 Å². The number of hydrogen-bond donors (Lipinski definition) is 3. The van der Waals surface area contributed by atoms with Crippen molar-refractivity contribution < 1.29 is 14.3 Å². The van der Waals surface area contributed by atoms with E-state index in [1.165, 1.54) is 12.1 Å². The second kappa shape index (κ2) is 6.26. The van der Waals surface area contributed by atoms with Crippen LogP contribution in [0.4, 0.5) is 10.1 Å². The molecule has 0 radical (unpaired) electrons. The molecule has 21 heavy (non-hydrogen) atoms. The van der Waals surface area contributed by atoms with Crippen LogP contribution in [0.25, 0.3) is 0 Å². The average Bonchev–Trinajstić information content (AvgIpc) is 2.44. The first-order valence-corrected chi connectivity index (χ1v) is 6.54. The normalized spacial score (nSPS) is 10.2. The third-order valence-electron chi connectivity index (χ3n) is 3.14. The Hall–Kier alpha value is -2.56. The van der Waals surface area contributed by atoms with E-state index >= 15 is 0 Å². The summed E-state index contributed by atoms with van der Waals surface area (Å²) >= 11 is 0. The van der Waals surface area contributed by atoms with Crippen LogP contribution < -0.4 is 10.6 Å². The molecule has 0 saturated heterocycles. The lowest BCUT2D eigenvalue weighted by Gasteiger charge is -2.11. The summed E-state index contributed by atoms with van der Waals surface area (Å²) in [5, 5.41) is 15.1. The Labute approximate surface area is 122 Å². The van der Waals surface area contributed by atoms with Crippen LogP contribution in [0.1, 0.15) is 21.5 Å². The van der Waals surface area contributed by atoms with Crippen molar-refractivity contribution >= 4 is 11.6 Å². The van der Waals surface area contributed by atoms with Crippen LogP contribution in [-0.4, -0.2) is 18.1 Å². The van der Waals surface area contributed by atoms with Crippen LogP contribution in [0.3, 0.4) is 0 Å². The molecule has 0 saturated carbocycles. The fraction of sp³-hybridized carbons (Fsp3) is 0.188. The Morgan fingerprint density at radius 3 is 2.62 bits per heavy atom. The highest BCUT2D eigenvalue weighted by atomic mass is 19.1. The third-order valence-corrected chi connectivity index (χ3v) is 3.14. The minimum absolute atomic E-state index is 0.0986. The van der Waals surface area contributed by atoms with E-state index in [0.29, 0.717) is 17.7 Å². The summed E-state index contributed by atoms with van der Waals surface area (Å²) in [6.07, 6.45) is 0. The lowest BCUT2D eigenvalue weighted by molar-refractivity contribution is 0.0963. The maximum Gasteiger partial charge on any atom is 0.251 e. The van der Waals surface area contributed by atoms with Gasteiger partial charge in [0.05, 0.1) is 0 Å². The van der Waals surface area contributed by atoms with Crippen LogP contribution in [0.5, 0.6) is 5.75 Å². The number of rotatable bonds is 4. The molecule has 0 aromatic heterocycles. The van der Waals surface area contributed by atoms with Gasteiger partial charge in [0.25, 0.3) is 5.91 Å². The number of hydrogen-bond acceptors (Lipinski definition) is 3. The number of amides is 1. The number of anilines is 1. The summed E-state index contributed by atoms with van der Waals surface area (Å²) in [4.78, 5) is 11.5. The van der Waals surface area contributed by atoms with E-state index in [4.69, 9.17) is 0 Å². The van der Waals surface area contributed by atoms with E-state index in [9.17, 15) is 14.3 Å². The van der Waals surface area contributed by atoms with E-state index < -0.39 is 5.82 Å². The number of phenolic OH excluding ortho intramolecular Hbond substituents is 1. The maximum absolute atomic E-state index is 13.2. The molecule has 0 heterocycles. The van der Waals surface area contributed by atoms with Crippen molar-refractivity contribution in [2.75, 3.05) is 12.4 Å². The van der Waals surface area contributed by atoms with Gasteiger partial charge in [-0.1, -0.05) is 0 Å². The number of benzene rings is 2. The van der Waals surface area contributed by atoms with E-state index in [0.717, 1.165) is 17.3 Å². The minimum atomic E-state index is -0.474. The topological polar surface area (TPSA) is 61.4 Å². The van der Waals surface area contributed by atoms with Crippen molar-refractivity contribution in [2.45, 2.75) is 13.5 Å². The van der Waals surface area contributed by atoms with Gasteiger partial charge in [-0.15, -0.1) is 0 Å². The van der Waals surface area contributed by atoms with Crippen molar-refractivity contribution in [2.24, 2.45) is 0 Å². The minimum Gasteiger partial charge on any atom is -0.508 e. The molecule has 110 valence electrons. The third kappa shape index (κ3) is 3.72. The van der Waals surface area contributed by atoms with Crippen molar-refractivity contribution in [3.63, 3.8) is 0 Å². The second-order valence-corrected chi connectivity index (χ2v) is 4.78. The van der Waals surface area contributed by atoms with Crippen LogP contribution >= 0.6 is 0 Å². The number of aromatic hydroxyl groups is 1. The Morgan fingerprint density at radius 2 is 2.00 bits per heavy atom. The highest BCUT2D eigenvalue weighted by molar-refractivity contribution is 5.94. The maximum atomic E-state index is 13.2. The second-order valence-electron chi connectivity index (χ2n) is 4.78. The number of nitrogens with one attached hydrogen (secondary N) is 2. The zero-order chi connectivity index (χ0) is 15.4. The van der Waals surface area contributed by atoms with Gasteiger partial charge in [-0.3, -0.25) is 4.79 Å². The molecule has 0 unspecified atom stereocenters. The van der Waals surface area contributed by atoms with E-state index in [-0.39, 0.29) is 11.7 Å². The number of carbonyl (C=O) groups is 1. The molecular weight excluding hydrogens is 271 g/mol. The molecule has 0 atom stereocenters. The smallest absolute Gasteiger partial charge is 0.251 e. The molecule has 0 aliphatic carbocycles. The van der Waals surface area contributed by atoms with Gasteiger partial charge in [0.1, 0.15) is 11.6 Å². The Balaban J connectivity index is 2.11. The van der Waals surface area contributed by atoms with Gasteiger partial charge in [0.15, 0.2) is 0 Å². The van der Waals surface area contributed by atoms with Crippen molar-refractivity contribution in [1.82, 2.24) is 5.32 Å². The number of aryl methyl sites for hydroxylation is 1. The number of halogens is 1. The summed E-state index contributed by atoms with van der Waals surface area (Å²) in [7, 11) is 1.58. The summed E-state index contributed by atoms with van der Waals surface area (Å²) in [6, 6.07) is 9.23. The van der Waals surface area contributed by atoms with Gasteiger partial charge in [0.2, 0.25) is 0 Å². The monoisotopic (exact) mass is 288 g/mol. The molecule has 0 fully saturated rings. The first kappa shape index (κ1) is 14.8. The van der Waals surface area contributed by atoms with Crippen LogP contribution in [0.2, 0.25) is 0 Å². The molecule has 2 aromatic rings. The predicted octanol–water partition coefficient (Wildman–Crippen LogP) is 2.81. The lowest BCUT2D eigenvalue weighted by Crippen LogP contribution is -2.17. The predicted molar refractivity (Wildman–Crippen MR) is 80.0 cm³/mol. The van der Waals surface area contributed by atoms with Gasteiger partial charge < -0.3 is 15.7 Å². The SMILES string of the molecule is CNC(=O)c1ccc(NCc2cc(O)cc(F)c2)c(C)c1. The lowest BCUT2D eigenvalue weighted by atomic mass is 10.1. The quantitative estimate of drug-likeness (QED) is 0.810. The van der Waals surface area contributed by atoms with Gasteiger partial charge in [-0.2, -0.15) is 0 Å².